The Morgan fingerprint density at radius 1 is 0.604 bits per heavy atom. The number of nitrogens with zero attached hydrogens (tertiary/aromatic N) is 6. The van der Waals surface area contributed by atoms with E-state index in [9.17, 15) is 34.2 Å². The van der Waals surface area contributed by atoms with E-state index in [-0.39, 0.29) is 109 Å². The quantitative estimate of drug-likeness (QED) is 0.0156. The number of hydrogen-bond acceptors (Lipinski definition) is 23. The maximum atomic E-state index is 15.8. The highest BCUT2D eigenvalue weighted by molar-refractivity contribution is 8.00. The molecular formula is C94H131N25O19S. The molecule has 3 aliphatic heterocycles. The van der Waals surface area contributed by atoms with Crippen molar-refractivity contribution in [1.82, 2.24) is 103 Å². The lowest BCUT2D eigenvalue weighted by Gasteiger charge is -2.36. The topological polar surface area (TPSA) is 667 Å². The fourth-order valence-electron chi connectivity index (χ4n) is 18.5. The Morgan fingerprint density at radius 3 is 1.86 bits per heavy atom. The van der Waals surface area contributed by atoms with Gasteiger partial charge in [-0.15, -0.1) is 11.8 Å². The molecule has 17 atom stereocenters. The molecule has 0 bridgehead atoms. The molecule has 3 saturated heterocycles. The lowest BCUT2D eigenvalue weighted by molar-refractivity contribution is -0.149. The maximum Gasteiger partial charge on any atom is 0.249 e. The van der Waals surface area contributed by atoms with E-state index in [1.54, 1.807) is 99.0 Å². The number of hydrogen-bond donors (Lipinski definition) is 21. The number of nitrogens with two attached hydrogens (primary N) is 4. The highest BCUT2D eigenvalue weighted by Gasteiger charge is 2.67. The number of aromatic nitrogens is 4. The van der Waals surface area contributed by atoms with Gasteiger partial charge in [0.2, 0.25) is 100 Å². The van der Waals surface area contributed by atoms with Crippen LogP contribution >= 0.6 is 11.8 Å². The number of primary amides is 2. The van der Waals surface area contributed by atoms with Gasteiger partial charge < -0.3 is 131 Å². The van der Waals surface area contributed by atoms with E-state index in [1.807, 2.05) is 13.8 Å². The number of carbonyl (C=O) groups excluding carboxylic acids is 17. The lowest BCUT2D eigenvalue weighted by Crippen LogP contribution is -2.62. The highest BCUT2D eigenvalue weighted by Crippen LogP contribution is 2.54. The van der Waals surface area contributed by atoms with Gasteiger partial charge in [0.1, 0.15) is 83.6 Å². The Hall–Kier alpha value is -13.6. The number of amides is 17. The van der Waals surface area contributed by atoms with Crippen LogP contribution in [0.2, 0.25) is 0 Å². The van der Waals surface area contributed by atoms with Crippen LogP contribution < -0.4 is 81.4 Å². The van der Waals surface area contributed by atoms with Crippen molar-refractivity contribution in [2.75, 3.05) is 65.4 Å². The second kappa shape index (κ2) is 47.7. The summed E-state index contributed by atoms with van der Waals surface area (Å²) in [7, 11) is 3.97. The number of fused-ring (bicyclic) bond motifs is 4. The van der Waals surface area contributed by atoms with Gasteiger partial charge in [0, 0.05) is 131 Å². The molecule has 45 heteroatoms. The number of para-hydroxylation sites is 2. The van der Waals surface area contributed by atoms with Gasteiger partial charge in [0.15, 0.2) is 5.96 Å². The van der Waals surface area contributed by atoms with Gasteiger partial charge in [0.05, 0.1) is 37.3 Å². The van der Waals surface area contributed by atoms with Gasteiger partial charge in [-0.1, -0.05) is 114 Å². The smallest absolute Gasteiger partial charge is 0.249 e. The number of aliphatic hydroxyl groups is 2. The molecule has 11 rings (SSSR count). The Kier molecular flexibility index (Phi) is 36.3. The average molecular weight is 1950 g/mol. The SMILES string of the molecule is CCCC[C@H]1C(=O)N(C)[C@@H](CCCC)C(=O)N[C@@H](CCCNC(=N)N)C(=O)N[C@H](C(=O)NCC(N)=O)CSCC(=O)N[C@@H](Cc2ccc(CN)cc2)C(=O)N(C)[C@@H](C)C(=O)NC2(C[C@H]2C(N)=O)C(=O)N2CCC[C@H]2C(=O)N[C@@H](Cc2cnc[nH]2)C(=O)N[C@@H](CC(C)C)C(=O)N2C[C@H](O)CC2C(=O)NC2(C[C@H]2c2c[nH]c3ccccc23)C(=O)N[C@@H](CO)C(=O)N[C@@H](Cc2c[nH]c3ccccc23)C(=O)N1C. The number of H-pyrrole nitrogens is 3. The van der Waals surface area contributed by atoms with Crippen LogP contribution in [0.15, 0.2) is 97.7 Å². The summed E-state index contributed by atoms with van der Waals surface area (Å²) in [6, 6.07) is 2.65. The predicted octanol–water partition coefficient (Wildman–Crippen LogP) is -2.86. The molecule has 2 saturated carbocycles. The maximum absolute atomic E-state index is 15.8. The number of aliphatic hydroxyl groups excluding tert-OH is 2. The number of thioether (sulfide) groups is 1. The van der Waals surface area contributed by atoms with Crippen molar-refractivity contribution in [2.45, 2.75) is 246 Å². The van der Waals surface area contributed by atoms with Gasteiger partial charge in [-0.2, -0.15) is 0 Å². The number of carbonyl (C=O) groups is 17. The summed E-state index contributed by atoms with van der Waals surface area (Å²) in [5.41, 5.74) is 22.8. The molecule has 2 spiro atoms. The minimum atomic E-state index is -2.08. The Morgan fingerprint density at radius 2 is 1.22 bits per heavy atom. The van der Waals surface area contributed by atoms with Crippen LogP contribution in [0.25, 0.3) is 21.8 Å². The number of likely N-dealkylation sites (N-methyl/N-ethyl adjacent to an activating group) is 3. The van der Waals surface area contributed by atoms with Crippen molar-refractivity contribution in [3.63, 3.8) is 0 Å². The lowest BCUT2D eigenvalue weighted by atomic mass is 10.00. The largest absolute Gasteiger partial charge is 0.394 e. The van der Waals surface area contributed by atoms with E-state index in [0.29, 0.717) is 69.9 Å². The van der Waals surface area contributed by atoms with Crippen LogP contribution in [0.3, 0.4) is 0 Å². The number of guanidine groups is 1. The van der Waals surface area contributed by atoms with Crippen LogP contribution in [0.4, 0.5) is 0 Å². The standard InChI is InChI=1S/C94H131N25O19S/c1-9-11-24-71-83(130)107-64(23-17-31-101-92(98)99)80(127)111-70(79(126)104-44-75(96)122)47-139-48-76(123)106-67(34-52-27-29-53(40-95)30-28-52)86(133)115(6)51(5)78(125)113-94(39-61(94)77(97)124)91(138)118-32-18-26-72(118)84(131)108-65(36-55-42-100-49-105-55)81(128)109-66(33-50(3)4)88(135)119-45-56(121)37-74(119)85(132)114-93(38-60(93)59-43-103-63-22-16-14-20-58(59)63)90(137)112-69(46-120)82(129)110-68(35-54-41-102-62-21-15-13-19-57(54)62)87(134)117(8)73(25-12-10-2)89(136)116(71)7/h13-16,19-22,27-30,41-43,49-51,56,60-61,64-74,102-103,120-121H,9-12,17-18,23-26,31-40,44-48,95H2,1-8H3,(H2,96,122)(H2,97,124)(H,100,105)(H,104,126)(H,106,123)(H,107,130)(H,108,131)(H,109,128)(H,110,129)(H,111,127)(H,112,137)(H,113,125)(H,114,132)(H4,98,99,101)/t51-,56+,60-,61-,64-,65-,66-,67-,68-,69-,70-,71-,72-,73-,74?,93?,94?/m0/s1. The first-order chi connectivity index (χ1) is 66.3. The summed E-state index contributed by atoms with van der Waals surface area (Å²) in [6.07, 6.45) is 4.61. The van der Waals surface area contributed by atoms with Crippen molar-refractivity contribution in [2.24, 2.45) is 34.8 Å². The van der Waals surface area contributed by atoms with Gasteiger partial charge in [-0.25, -0.2) is 4.98 Å². The van der Waals surface area contributed by atoms with E-state index in [4.69, 9.17) is 28.3 Å². The summed E-state index contributed by atoms with van der Waals surface area (Å²) in [4.78, 5) is 273. The summed E-state index contributed by atoms with van der Waals surface area (Å²) < 4.78 is 0. The molecule has 752 valence electrons. The minimum Gasteiger partial charge on any atom is -0.394 e. The zero-order chi connectivity index (χ0) is 101. The van der Waals surface area contributed by atoms with Gasteiger partial charge in [0.25, 0.3) is 0 Å². The third kappa shape index (κ3) is 26.1. The molecule has 5 fully saturated rings. The number of benzene rings is 3. The van der Waals surface area contributed by atoms with Crippen molar-refractivity contribution in [1.29, 1.82) is 5.41 Å². The van der Waals surface area contributed by atoms with Crippen LogP contribution in [-0.2, 0) is 107 Å². The summed E-state index contributed by atoms with van der Waals surface area (Å²) in [6.45, 7) is 6.31. The molecule has 0 radical (unpaired) electrons. The second-order valence-corrected chi connectivity index (χ2v) is 38.1. The molecule has 44 nitrogen and oxygen atoms in total. The first kappa shape index (κ1) is 106. The zero-order valence-electron chi connectivity index (χ0n) is 79.4. The van der Waals surface area contributed by atoms with E-state index in [1.165, 1.54) is 40.6 Å². The van der Waals surface area contributed by atoms with Gasteiger partial charge in [-0.05, 0) is 105 Å². The summed E-state index contributed by atoms with van der Waals surface area (Å²) in [5, 5.41) is 61.9. The third-order valence-electron chi connectivity index (χ3n) is 26.6. The molecule has 17 amide bonds. The van der Waals surface area contributed by atoms with Gasteiger partial charge >= 0.3 is 0 Å². The van der Waals surface area contributed by atoms with Gasteiger partial charge in [-0.3, -0.25) is 86.9 Å². The molecule has 3 unspecified atom stereocenters. The summed E-state index contributed by atoms with van der Waals surface area (Å²) in [5.74, 6) is -19.6. The first-order valence-electron chi connectivity index (χ1n) is 47.1. The third-order valence-corrected chi connectivity index (χ3v) is 27.6. The molecular weight excluding hydrogens is 1820 g/mol. The zero-order valence-corrected chi connectivity index (χ0v) is 80.2. The molecule has 3 aromatic heterocycles. The first-order valence-corrected chi connectivity index (χ1v) is 48.3. The fourth-order valence-corrected chi connectivity index (χ4v) is 19.3. The van der Waals surface area contributed by atoms with E-state index in [2.05, 4.69) is 78.4 Å². The van der Waals surface area contributed by atoms with Crippen molar-refractivity contribution >= 4 is 140 Å². The van der Waals surface area contributed by atoms with Crippen LogP contribution in [-0.4, -0.2) is 316 Å². The number of nitrogens with one attached hydrogen (secondary N) is 15. The molecule has 25 N–H and O–H groups in total. The predicted molar refractivity (Wildman–Crippen MR) is 511 cm³/mol. The molecule has 5 aliphatic rings. The molecule has 6 heterocycles. The van der Waals surface area contributed by atoms with E-state index in [0.717, 1.165) is 41.8 Å². The average Bonchev–Trinajstić information content (AvgIpc) is 1.55. The fraction of sp³-hybridized carbons (Fsp3) is 0.543. The van der Waals surface area contributed by atoms with E-state index < -0.39 is 239 Å². The normalized spacial score (nSPS) is 27.2. The number of imidazole rings is 1. The molecule has 2 aliphatic carbocycles. The Labute approximate surface area is 807 Å². The molecule has 6 aromatic rings. The van der Waals surface area contributed by atoms with Crippen molar-refractivity contribution in [3.8, 4) is 0 Å². The number of aromatic amines is 3. The van der Waals surface area contributed by atoms with Crippen molar-refractivity contribution < 1.29 is 91.7 Å². The number of rotatable bonds is 25. The van der Waals surface area contributed by atoms with Crippen molar-refractivity contribution in [3.05, 3.63) is 126 Å². The van der Waals surface area contributed by atoms with Crippen LogP contribution in [0.5, 0.6) is 0 Å². The Balaban J connectivity index is 0.959. The molecule has 3 aromatic carbocycles. The number of unbranched alkanes of at least 4 members (excludes halogenated alkanes) is 2. The Bertz CT molecular complexity index is 5500. The molecule has 139 heavy (non-hydrogen) atoms. The minimum absolute atomic E-state index is 0.00263. The highest BCUT2D eigenvalue weighted by atomic mass is 32.2. The summed E-state index contributed by atoms with van der Waals surface area (Å²) >= 11 is 0.788. The van der Waals surface area contributed by atoms with Crippen LogP contribution in [0.1, 0.15) is 158 Å². The second-order valence-electron chi connectivity index (χ2n) is 37.0. The monoisotopic (exact) mass is 1950 g/mol. The van der Waals surface area contributed by atoms with Crippen LogP contribution in [0, 0.1) is 17.2 Å². The van der Waals surface area contributed by atoms with E-state index >= 15 is 57.5 Å².